The molecule has 6 nitrogen and oxygen atoms in total. The van der Waals surface area contributed by atoms with Crippen molar-refractivity contribution in [2.24, 2.45) is 14.1 Å². The Balaban J connectivity index is 2.12. The molecule has 0 aliphatic carbocycles. The van der Waals surface area contributed by atoms with Gasteiger partial charge in [-0.15, -0.1) is 0 Å². The van der Waals surface area contributed by atoms with Gasteiger partial charge >= 0.3 is 0 Å². The van der Waals surface area contributed by atoms with Gasteiger partial charge in [0.1, 0.15) is 0 Å². The van der Waals surface area contributed by atoms with Gasteiger partial charge in [-0.05, 0) is 25.8 Å². The van der Waals surface area contributed by atoms with Crippen LogP contribution in [0.1, 0.15) is 29.5 Å². The summed E-state index contributed by atoms with van der Waals surface area (Å²) in [7, 11) is 5.30. The minimum atomic E-state index is -0.585. The van der Waals surface area contributed by atoms with Gasteiger partial charge in [-0.3, -0.25) is 4.68 Å². The van der Waals surface area contributed by atoms with Crippen molar-refractivity contribution < 1.29 is 9.84 Å². The van der Waals surface area contributed by atoms with E-state index in [9.17, 15) is 5.11 Å². The van der Waals surface area contributed by atoms with Crippen molar-refractivity contribution in [3.8, 4) is 5.88 Å². The first-order valence-corrected chi connectivity index (χ1v) is 6.27. The molecule has 0 radical (unpaired) electrons. The number of ether oxygens (including phenoxy) is 1. The van der Waals surface area contributed by atoms with Gasteiger partial charge in [0.25, 0.3) is 0 Å². The predicted molar refractivity (Wildman–Crippen MR) is 71.0 cm³/mol. The van der Waals surface area contributed by atoms with Crippen molar-refractivity contribution in [3.63, 3.8) is 0 Å². The molecule has 0 fully saturated rings. The molecular formula is C13H20N4O2. The number of aromatic nitrogens is 4. The van der Waals surface area contributed by atoms with Crippen LogP contribution in [0.5, 0.6) is 5.88 Å². The fourth-order valence-corrected chi connectivity index (χ4v) is 2.35. The van der Waals surface area contributed by atoms with Crippen LogP contribution in [-0.4, -0.2) is 31.8 Å². The van der Waals surface area contributed by atoms with Crippen molar-refractivity contribution in [3.05, 3.63) is 29.2 Å². The van der Waals surface area contributed by atoms with Crippen molar-refractivity contribution in [2.45, 2.75) is 25.9 Å². The molecule has 1 atom stereocenters. The van der Waals surface area contributed by atoms with E-state index in [4.69, 9.17) is 4.74 Å². The average molecular weight is 264 g/mol. The summed E-state index contributed by atoms with van der Waals surface area (Å²) in [5, 5.41) is 18.7. The van der Waals surface area contributed by atoms with Crippen LogP contribution in [0.2, 0.25) is 0 Å². The molecule has 0 spiro atoms. The van der Waals surface area contributed by atoms with Gasteiger partial charge in [0.05, 0.1) is 24.5 Å². The van der Waals surface area contributed by atoms with Crippen LogP contribution in [0.3, 0.4) is 0 Å². The van der Waals surface area contributed by atoms with Crippen LogP contribution in [0.15, 0.2) is 12.3 Å². The summed E-state index contributed by atoms with van der Waals surface area (Å²) in [5.41, 5.74) is 2.67. The second-order valence-electron chi connectivity index (χ2n) is 4.63. The summed E-state index contributed by atoms with van der Waals surface area (Å²) in [6.45, 7) is 1.88. The van der Waals surface area contributed by atoms with Gasteiger partial charge in [0.2, 0.25) is 5.88 Å². The number of aliphatic hydroxyl groups excluding tert-OH is 1. The molecule has 2 rings (SSSR count). The number of rotatable bonds is 5. The molecule has 1 unspecified atom stereocenters. The highest BCUT2D eigenvalue weighted by atomic mass is 16.5. The minimum absolute atomic E-state index is 0.585. The summed E-state index contributed by atoms with van der Waals surface area (Å²) in [6, 6.07) is 1.96. The first-order valence-electron chi connectivity index (χ1n) is 6.27. The highest BCUT2D eigenvalue weighted by Gasteiger charge is 2.21. The van der Waals surface area contributed by atoms with Crippen molar-refractivity contribution in [2.75, 3.05) is 7.11 Å². The third-order valence-corrected chi connectivity index (χ3v) is 3.34. The van der Waals surface area contributed by atoms with Crippen LogP contribution in [0, 0.1) is 6.92 Å². The maximum absolute atomic E-state index is 10.4. The molecule has 19 heavy (non-hydrogen) atoms. The Bertz CT molecular complexity index is 559. The molecule has 0 aromatic carbocycles. The summed E-state index contributed by atoms with van der Waals surface area (Å²) in [6.07, 6.45) is 2.55. The molecule has 0 saturated carbocycles. The Hall–Kier alpha value is -1.82. The van der Waals surface area contributed by atoms with Crippen molar-refractivity contribution in [1.82, 2.24) is 19.6 Å². The molecule has 0 bridgehead atoms. The van der Waals surface area contributed by atoms with Crippen molar-refractivity contribution >= 4 is 0 Å². The zero-order valence-electron chi connectivity index (χ0n) is 11.8. The molecule has 0 saturated heterocycles. The summed E-state index contributed by atoms with van der Waals surface area (Å²) < 4.78 is 8.77. The molecule has 0 amide bonds. The van der Waals surface area contributed by atoms with E-state index in [0.29, 0.717) is 12.3 Å². The maximum Gasteiger partial charge on any atom is 0.217 e. The summed E-state index contributed by atoms with van der Waals surface area (Å²) in [5.74, 6) is 0.620. The van der Waals surface area contributed by atoms with Gasteiger partial charge in [-0.25, -0.2) is 4.68 Å². The lowest BCUT2D eigenvalue weighted by Gasteiger charge is -2.12. The number of nitrogens with zero attached hydrogens (tertiary/aromatic N) is 4. The van der Waals surface area contributed by atoms with Gasteiger partial charge in [-0.1, -0.05) is 0 Å². The van der Waals surface area contributed by atoms with Crippen molar-refractivity contribution in [1.29, 1.82) is 0 Å². The molecule has 2 heterocycles. The largest absolute Gasteiger partial charge is 0.481 e. The van der Waals surface area contributed by atoms with Gasteiger partial charge in [0, 0.05) is 26.0 Å². The molecule has 104 valence electrons. The Kier molecular flexibility index (Phi) is 3.90. The number of aryl methyl sites for hydroxylation is 4. The second-order valence-corrected chi connectivity index (χ2v) is 4.63. The van der Waals surface area contributed by atoms with E-state index in [1.165, 1.54) is 0 Å². The van der Waals surface area contributed by atoms with Gasteiger partial charge in [-0.2, -0.15) is 10.2 Å². The SMILES string of the molecule is COc1c(C(O)CCc2ccnn2C)c(C)nn1C. The Morgan fingerprint density at radius 3 is 2.68 bits per heavy atom. The molecule has 2 aromatic rings. The lowest BCUT2D eigenvalue weighted by Crippen LogP contribution is -2.05. The second kappa shape index (κ2) is 5.44. The first kappa shape index (κ1) is 13.6. The minimum Gasteiger partial charge on any atom is -0.481 e. The van der Waals surface area contributed by atoms with Crippen LogP contribution >= 0.6 is 0 Å². The van der Waals surface area contributed by atoms with E-state index in [0.717, 1.165) is 23.4 Å². The average Bonchev–Trinajstić information content (AvgIpc) is 2.89. The van der Waals surface area contributed by atoms with E-state index in [1.807, 2.05) is 31.8 Å². The molecular weight excluding hydrogens is 244 g/mol. The third kappa shape index (κ3) is 2.63. The molecule has 0 aliphatic rings. The fraction of sp³-hybridized carbons (Fsp3) is 0.538. The topological polar surface area (TPSA) is 65.1 Å². The smallest absolute Gasteiger partial charge is 0.217 e. The lowest BCUT2D eigenvalue weighted by atomic mass is 10.0. The molecule has 0 aliphatic heterocycles. The summed E-state index contributed by atoms with van der Waals surface area (Å²) >= 11 is 0. The van der Waals surface area contributed by atoms with Crippen LogP contribution < -0.4 is 4.74 Å². The van der Waals surface area contributed by atoms with E-state index < -0.39 is 6.10 Å². The van der Waals surface area contributed by atoms with E-state index >= 15 is 0 Å². The molecule has 2 aromatic heterocycles. The maximum atomic E-state index is 10.4. The highest BCUT2D eigenvalue weighted by molar-refractivity contribution is 5.33. The standard InChI is InChI=1S/C13H20N4O2/c1-9-12(13(19-4)17(3)15-9)11(18)6-5-10-7-8-14-16(10)2/h7-8,11,18H,5-6H2,1-4H3. The Labute approximate surface area is 112 Å². The zero-order valence-corrected chi connectivity index (χ0v) is 11.8. The normalized spacial score (nSPS) is 12.7. The quantitative estimate of drug-likeness (QED) is 0.879. The number of methoxy groups -OCH3 is 1. The molecule has 1 N–H and O–H groups in total. The highest BCUT2D eigenvalue weighted by Crippen LogP contribution is 2.30. The number of hydrogen-bond donors (Lipinski definition) is 1. The first-order chi connectivity index (χ1) is 9.04. The Morgan fingerprint density at radius 2 is 2.11 bits per heavy atom. The van der Waals surface area contributed by atoms with E-state index in [-0.39, 0.29) is 0 Å². The van der Waals surface area contributed by atoms with Crippen LogP contribution in [0.4, 0.5) is 0 Å². The fourth-order valence-electron chi connectivity index (χ4n) is 2.35. The Morgan fingerprint density at radius 1 is 1.37 bits per heavy atom. The lowest BCUT2D eigenvalue weighted by molar-refractivity contribution is 0.161. The number of aliphatic hydroxyl groups is 1. The summed E-state index contributed by atoms with van der Waals surface area (Å²) in [4.78, 5) is 0. The predicted octanol–water partition coefficient (Wildman–Crippen LogP) is 1.14. The monoisotopic (exact) mass is 264 g/mol. The zero-order chi connectivity index (χ0) is 14.0. The third-order valence-electron chi connectivity index (χ3n) is 3.34. The van der Waals surface area contributed by atoms with E-state index in [2.05, 4.69) is 10.2 Å². The van der Waals surface area contributed by atoms with Gasteiger partial charge in [0.15, 0.2) is 0 Å². The molecule has 6 heteroatoms. The van der Waals surface area contributed by atoms with Crippen LogP contribution in [0.25, 0.3) is 0 Å². The van der Waals surface area contributed by atoms with E-state index in [1.54, 1.807) is 18.0 Å². The number of hydrogen-bond acceptors (Lipinski definition) is 4. The van der Waals surface area contributed by atoms with Gasteiger partial charge < -0.3 is 9.84 Å². The van der Waals surface area contributed by atoms with Crippen LogP contribution in [-0.2, 0) is 20.5 Å².